The zero-order valence-corrected chi connectivity index (χ0v) is 14.0. The third kappa shape index (κ3) is 3.16. The fourth-order valence-electron chi connectivity index (χ4n) is 2.74. The van der Waals surface area contributed by atoms with E-state index in [2.05, 4.69) is 18.7 Å². The average molecular weight is 311 g/mol. The van der Waals surface area contributed by atoms with E-state index in [0.29, 0.717) is 17.5 Å². The molecule has 0 spiro atoms. The fourth-order valence-corrected chi connectivity index (χ4v) is 3.68. The Morgan fingerprint density at radius 1 is 1.33 bits per heavy atom. The zero-order valence-electron chi connectivity index (χ0n) is 13.2. The predicted octanol–water partition coefficient (Wildman–Crippen LogP) is 2.00. The summed E-state index contributed by atoms with van der Waals surface area (Å²) < 4.78 is 25.4. The smallest absolute Gasteiger partial charge is 0.242 e. The molecule has 1 aromatic carbocycles. The number of anilines is 2. The van der Waals surface area contributed by atoms with Crippen LogP contribution in [0, 0.1) is 11.8 Å². The van der Waals surface area contributed by atoms with Gasteiger partial charge in [0.25, 0.3) is 0 Å². The van der Waals surface area contributed by atoms with Crippen LogP contribution < -0.4 is 10.6 Å². The topological polar surface area (TPSA) is 66.6 Å². The van der Waals surface area contributed by atoms with Gasteiger partial charge in [0, 0.05) is 27.2 Å². The van der Waals surface area contributed by atoms with E-state index >= 15 is 0 Å². The van der Waals surface area contributed by atoms with Gasteiger partial charge < -0.3 is 10.6 Å². The molecule has 2 N–H and O–H groups in total. The molecule has 1 saturated heterocycles. The largest absolute Gasteiger partial charge is 0.397 e. The van der Waals surface area contributed by atoms with E-state index in [1.807, 2.05) is 6.07 Å². The lowest BCUT2D eigenvalue weighted by molar-refractivity contribution is 0.423. The highest BCUT2D eigenvalue weighted by Gasteiger charge is 2.27. The Hall–Kier alpha value is -1.27. The Balaban J connectivity index is 2.25. The maximum atomic E-state index is 12.1. The van der Waals surface area contributed by atoms with Crippen molar-refractivity contribution in [3.8, 4) is 0 Å². The van der Waals surface area contributed by atoms with Gasteiger partial charge in [-0.15, -0.1) is 0 Å². The second-order valence-electron chi connectivity index (χ2n) is 6.25. The fraction of sp³-hybridized carbons (Fsp3) is 0.600. The molecule has 1 aromatic rings. The van der Waals surface area contributed by atoms with Crippen molar-refractivity contribution in [2.24, 2.45) is 11.8 Å². The SMILES string of the molecule is CC(C)C1CCN(c2ccc(S(=O)(=O)N(C)C)cc2N)C1. The van der Waals surface area contributed by atoms with Crippen LogP contribution in [0.3, 0.4) is 0 Å². The van der Waals surface area contributed by atoms with Crippen LogP contribution in [0.1, 0.15) is 20.3 Å². The van der Waals surface area contributed by atoms with Gasteiger partial charge in [-0.1, -0.05) is 13.8 Å². The summed E-state index contributed by atoms with van der Waals surface area (Å²) in [5.74, 6) is 1.33. The van der Waals surface area contributed by atoms with Crippen molar-refractivity contribution in [2.45, 2.75) is 25.2 Å². The normalized spacial score (nSPS) is 19.7. The lowest BCUT2D eigenvalue weighted by Crippen LogP contribution is -2.24. The van der Waals surface area contributed by atoms with Crippen molar-refractivity contribution in [1.82, 2.24) is 4.31 Å². The first kappa shape index (κ1) is 16.1. The summed E-state index contributed by atoms with van der Waals surface area (Å²) in [6.45, 7) is 6.45. The van der Waals surface area contributed by atoms with Gasteiger partial charge in [-0.25, -0.2) is 12.7 Å². The molecule has 21 heavy (non-hydrogen) atoms. The number of nitrogens with zero attached hydrogens (tertiary/aromatic N) is 2. The minimum absolute atomic E-state index is 0.244. The average Bonchev–Trinajstić information content (AvgIpc) is 2.87. The molecule has 6 heteroatoms. The molecule has 1 heterocycles. The summed E-state index contributed by atoms with van der Waals surface area (Å²) in [5, 5.41) is 0. The Morgan fingerprint density at radius 2 is 2.00 bits per heavy atom. The van der Waals surface area contributed by atoms with Crippen LogP contribution in [-0.2, 0) is 10.0 Å². The quantitative estimate of drug-likeness (QED) is 0.864. The van der Waals surface area contributed by atoms with E-state index in [-0.39, 0.29) is 4.90 Å². The van der Waals surface area contributed by atoms with E-state index < -0.39 is 10.0 Å². The molecule has 0 aromatic heterocycles. The number of benzene rings is 1. The molecule has 0 radical (unpaired) electrons. The first-order valence-electron chi connectivity index (χ1n) is 7.30. The highest BCUT2D eigenvalue weighted by atomic mass is 32.2. The van der Waals surface area contributed by atoms with Crippen molar-refractivity contribution in [2.75, 3.05) is 37.8 Å². The van der Waals surface area contributed by atoms with Gasteiger partial charge >= 0.3 is 0 Å². The molecular formula is C15H25N3O2S. The number of rotatable bonds is 4. The summed E-state index contributed by atoms with van der Waals surface area (Å²) in [6, 6.07) is 5.03. The predicted molar refractivity (Wildman–Crippen MR) is 86.9 cm³/mol. The van der Waals surface area contributed by atoms with Crippen molar-refractivity contribution in [3.63, 3.8) is 0 Å². The molecule has 1 atom stereocenters. The highest BCUT2D eigenvalue weighted by molar-refractivity contribution is 7.89. The van der Waals surface area contributed by atoms with Crippen LogP contribution in [0.5, 0.6) is 0 Å². The highest BCUT2D eigenvalue weighted by Crippen LogP contribution is 2.33. The Bertz CT molecular complexity index is 611. The lowest BCUT2D eigenvalue weighted by Gasteiger charge is -2.22. The molecule has 0 aliphatic carbocycles. The molecule has 0 amide bonds. The number of sulfonamides is 1. The van der Waals surface area contributed by atoms with E-state index in [4.69, 9.17) is 5.73 Å². The number of nitrogens with two attached hydrogens (primary N) is 1. The van der Waals surface area contributed by atoms with Crippen LogP contribution in [-0.4, -0.2) is 39.9 Å². The number of nitrogen functional groups attached to an aromatic ring is 1. The molecule has 1 unspecified atom stereocenters. The van der Waals surface area contributed by atoms with Crippen LogP contribution in [0.15, 0.2) is 23.1 Å². The summed E-state index contributed by atoms with van der Waals surface area (Å²) in [6.07, 6.45) is 1.16. The second kappa shape index (κ2) is 5.85. The summed E-state index contributed by atoms with van der Waals surface area (Å²) in [7, 11) is -0.387. The van der Waals surface area contributed by atoms with Crippen LogP contribution in [0.25, 0.3) is 0 Å². The van der Waals surface area contributed by atoms with E-state index in [1.165, 1.54) is 18.4 Å². The van der Waals surface area contributed by atoms with Crippen molar-refractivity contribution in [1.29, 1.82) is 0 Å². The molecular weight excluding hydrogens is 286 g/mol. The van der Waals surface area contributed by atoms with Gasteiger partial charge in [-0.05, 0) is 36.5 Å². The first-order valence-corrected chi connectivity index (χ1v) is 8.74. The minimum atomic E-state index is -3.43. The lowest BCUT2D eigenvalue weighted by atomic mass is 9.95. The van der Waals surface area contributed by atoms with Crippen LogP contribution in [0.2, 0.25) is 0 Å². The molecule has 5 nitrogen and oxygen atoms in total. The van der Waals surface area contributed by atoms with Gasteiger partial charge in [0.1, 0.15) is 0 Å². The Morgan fingerprint density at radius 3 is 2.48 bits per heavy atom. The van der Waals surface area contributed by atoms with Crippen molar-refractivity contribution in [3.05, 3.63) is 18.2 Å². The molecule has 118 valence electrons. The molecule has 1 aliphatic rings. The van der Waals surface area contributed by atoms with Crippen LogP contribution in [0.4, 0.5) is 11.4 Å². The molecule has 0 bridgehead atoms. The third-order valence-corrected chi connectivity index (χ3v) is 6.10. The van der Waals surface area contributed by atoms with E-state index in [9.17, 15) is 8.42 Å². The molecule has 1 fully saturated rings. The maximum absolute atomic E-state index is 12.1. The second-order valence-corrected chi connectivity index (χ2v) is 8.40. The van der Waals surface area contributed by atoms with E-state index in [1.54, 1.807) is 12.1 Å². The summed E-state index contributed by atoms with van der Waals surface area (Å²) in [4.78, 5) is 2.50. The zero-order chi connectivity index (χ0) is 15.8. The number of hydrogen-bond donors (Lipinski definition) is 1. The van der Waals surface area contributed by atoms with Crippen molar-refractivity contribution < 1.29 is 8.42 Å². The van der Waals surface area contributed by atoms with Gasteiger partial charge in [-0.2, -0.15) is 0 Å². The molecule has 1 aliphatic heterocycles. The van der Waals surface area contributed by atoms with Gasteiger partial charge in [0.2, 0.25) is 10.0 Å². The van der Waals surface area contributed by atoms with Crippen molar-refractivity contribution >= 4 is 21.4 Å². The van der Waals surface area contributed by atoms with Gasteiger partial charge in [0.05, 0.1) is 16.3 Å². The number of hydrogen-bond acceptors (Lipinski definition) is 4. The third-order valence-electron chi connectivity index (χ3n) is 4.29. The summed E-state index contributed by atoms with van der Waals surface area (Å²) >= 11 is 0. The minimum Gasteiger partial charge on any atom is -0.397 e. The van der Waals surface area contributed by atoms with E-state index in [0.717, 1.165) is 25.2 Å². The van der Waals surface area contributed by atoms with Crippen LogP contribution >= 0.6 is 0 Å². The summed E-state index contributed by atoms with van der Waals surface area (Å²) in [5.41, 5.74) is 7.57. The molecule has 2 rings (SSSR count). The van der Waals surface area contributed by atoms with Gasteiger partial charge in [-0.3, -0.25) is 0 Å². The monoisotopic (exact) mass is 311 g/mol. The molecule has 0 saturated carbocycles. The maximum Gasteiger partial charge on any atom is 0.242 e. The Labute approximate surface area is 127 Å². The Kier molecular flexibility index (Phi) is 4.49. The standard InChI is InChI=1S/C15H25N3O2S/c1-11(2)12-7-8-18(10-12)15-6-5-13(9-14(15)16)21(19,20)17(3)4/h5-6,9,11-12H,7-8,10,16H2,1-4H3. The van der Waals surface area contributed by atoms with Gasteiger partial charge in [0.15, 0.2) is 0 Å². The first-order chi connectivity index (χ1) is 9.73.